The Bertz CT molecular complexity index is 408. The number of likely N-dealkylation sites (tertiary alicyclic amines) is 1. The van der Waals surface area contributed by atoms with Gasteiger partial charge in [-0.05, 0) is 53.4 Å². The van der Waals surface area contributed by atoms with E-state index in [4.69, 9.17) is 5.73 Å². The summed E-state index contributed by atoms with van der Waals surface area (Å²) in [7, 11) is 0. The minimum Gasteiger partial charge on any atom is -0.338 e. The predicted molar refractivity (Wildman–Crippen MR) is 71.8 cm³/mol. The van der Waals surface area contributed by atoms with Gasteiger partial charge in [-0.2, -0.15) is 0 Å². The van der Waals surface area contributed by atoms with Gasteiger partial charge in [-0.3, -0.25) is 4.79 Å². The van der Waals surface area contributed by atoms with E-state index >= 15 is 0 Å². The number of halogens is 1. The molecule has 92 valence electrons. The average molecular weight is 297 g/mol. The van der Waals surface area contributed by atoms with Crippen LogP contribution in [0.25, 0.3) is 0 Å². The summed E-state index contributed by atoms with van der Waals surface area (Å²) in [4.78, 5) is 14.2. The van der Waals surface area contributed by atoms with Crippen LogP contribution in [0.15, 0.2) is 28.7 Å². The van der Waals surface area contributed by atoms with E-state index in [1.165, 1.54) is 0 Å². The lowest BCUT2D eigenvalue weighted by atomic mass is 10.1. The van der Waals surface area contributed by atoms with Gasteiger partial charge in [0.05, 0.1) is 5.56 Å². The highest BCUT2D eigenvalue weighted by Gasteiger charge is 2.27. The summed E-state index contributed by atoms with van der Waals surface area (Å²) in [6, 6.07) is 7.58. The van der Waals surface area contributed by atoms with Crippen LogP contribution in [0.1, 0.15) is 23.2 Å². The molecule has 0 bridgehead atoms. The predicted octanol–water partition coefficient (Wildman–Crippen LogP) is 2.26. The van der Waals surface area contributed by atoms with E-state index in [1.54, 1.807) is 0 Å². The minimum atomic E-state index is 0.122. The first kappa shape index (κ1) is 12.6. The van der Waals surface area contributed by atoms with Crippen molar-refractivity contribution in [1.29, 1.82) is 0 Å². The molecule has 1 aromatic carbocycles. The van der Waals surface area contributed by atoms with Crippen LogP contribution in [0.4, 0.5) is 0 Å². The van der Waals surface area contributed by atoms with Gasteiger partial charge in [0.15, 0.2) is 0 Å². The summed E-state index contributed by atoms with van der Waals surface area (Å²) < 4.78 is 0.868. The monoisotopic (exact) mass is 296 g/mol. The van der Waals surface area contributed by atoms with Crippen LogP contribution in [0.2, 0.25) is 0 Å². The van der Waals surface area contributed by atoms with Gasteiger partial charge in [-0.25, -0.2) is 0 Å². The number of benzene rings is 1. The summed E-state index contributed by atoms with van der Waals surface area (Å²) in [5, 5.41) is 0. The number of hydrogen-bond donors (Lipinski definition) is 1. The Balaban J connectivity index is 2.05. The van der Waals surface area contributed by atoms with Gasteiger partial charge in [-0.1, -0.05) is 12.1 Å². The molecule has 0 aromatic heterocycles. The molecule has 1 amide bonds. The fourth-order valence-corrected chi connectivity index (χ4v) is 2.75. The average Bonchev–Trinajstić information content (AvgIpc) is 2.78. The second-order valence-electron chi connectivity index (χ2n) is 4.46. The molecule has 1 unspecified atom stereocenters. The highest BCUT2D eigenvalue weighted by Crippen LogP contribution is 2.24. The number of carbonyl (C=O) groups excluding carboxylic acids is 1. The number of amides is 1. The normalized spacial score (nSPS) is 19.6. The van der Waals surface area contributed by atoms with Gasteiger partial charge in [0, 0.05) is 17.6 Å². The largest absolute Gasteiger partial charge is 0.338 e. The quantitative estimate of drug-likeness (QED) is 0.930. The molecular formula is C13H17BrN2O. The molecule has 0 aliphatic carbocycles. The molecule has 1 heterocycles. The summed E-state index contributed by atoms with van der Waals surface area (Å²) in [6.07, 6.45) is 2.09. The maximum Gasteiger partial charge on any atom is 0.255 e. The lowest BCUT2D eigenvalue weighted by Gasteiger charge is -2.17. The Hall–Kier alpha value is -0.870. The van der Waals surface area contributed by atoms with Crippen molar-refractivity contribution in [2.75, 3.05) is 19.6 Å². The van der Waals surface area contributed by atoms with Crippen molar-refractivity contribution < 1.29 is 4.79 Å². The maximum atomic E-state index is 12.3. The fourth-order valence-electron chi connectivity index (χ4n) is 2.29. The van der Waals surface area contributed by atoms with Crippen LogP contribution >= 0.6 is 15.9 Å². The van der Waals surface area contributed by atoms with Gasteiger partial charge in [0.2, 0.25) is 0 Å². The van der Waals surface area contributed by atoms with Gasteiger partial charge >= 0.3 is 0 Å². The van der Waals surface area contributed by atoms with E-state index in [-0.39, 0.29) is 5.91 Å². The molecule has 1 atom stereocenters. The summed E-state index contributed by atoms with van der Waals surface area (Å²) in [5.41, 5.74) is 6.31. The topological polar surface area (TPSA) is 46.3 Å². The SMILES string of the molecule is NCCC1CCN(C(=O)c2ccccc2Br)C1. The van der Waals surface area contributed by atoms with Gasteiger partial charge in [0.25, 0.3) is 5.91 Å². The van der Waals surface area contributed by atoms with Crippen molar-refractivity contribution in [2.45, 2.75) is 12.8 Å². The van der Waals surface area contributed by atoms with Crippen LogP contribution in [0.3, 0.4) is 0 Å². The van der Waals surface area contributed by atoms with Crippen molar-refractivity contribution >= 4 is 21.8 Å². The standard InChI is InChI=1S/C13H17BrN2O/c14-12-4-2-1-3-11(12)13(17)16-8-6-10(9-16)5-7-15/h1-4,10H,5-9,15H2. The third kappa shape index (κ3) is 2.87. The summed E-state index contributed by atoms with van der Waals surface area (Å²) in [5.74, 6) is 0.698. The molecule has 0 radical (unpaired) electrons. The van der Waals surface area contributed by atoms with E-state index in [1.807, 2.05) is 29.2 Å². The van der Waals surface area contributed by atoms with Crippen LogP contribution in [0.5, 0.6) is 0 Å². The lowest BCUT2D eigenvalue weighted by Crippen LogP contribution is -2.29. The Morgan fingerprint density at radius 2 is 2.24 bits per heavy atom. The highest BCUT2D eigenvalue weighted by molar-refractivity contribution is 9.10. The third-order valence-corrected chi connectivity index (χ3v) is 3.94. The van der Waals surface area contributed by atoms with E-state index < -0.39 is 0 Å². The zero-order valence-electron chi connectivity index (χ0n) is 9.73. The fraction of sp³-hybridized carbons (Fsp3) is 0.462. The smallest absolute Gasteiger partial charge is 0.255 e. The number of nitrogens with zero attached hydrogens (tertiary/aromatic N) is 1. The number of carbonyl (C=O) groups is 1. The molecule has 1 saturated heterocycles. The minimum absolute atomic E-state index is 0.122. The van der Waals surface area contributed by atoms with E-state index in [9.17, 15) is 4.79 Å². The first-order valence-corrected chi connectivity index (χ1v) is 6.75. The second kappa shape index (κ2) is 5.65. The second-order valence-corrected chi connectivity index (χ2v) is 5.32. The summed E-state index contributed by atoms with van der Waals surface area (Å²) in [6.45, 7) is 2.41. The van der Waals surface area contributed by atoms with Crippen molar-refractivity contribution in [2.24, 2.45) is 11.7 Å². The molecular weight excluding hydrogens is 280 g/mol. The molecule has 1 fully saturated rings. The van der Waals surface area contributed by atoms with Crippen LogP contribution in [-0.2, 0) is 0 Å². The Morgan fingerprint density at radius 1 is 1.47 bits per heavy atom. The molecule has 0 spiro atoms. The Morgan fingerprint density at radius 3 is 2.94 bits per heavy atom. The number of rotatable bonds is 3. The molecule has 1 aromatic rings. The molecule has 2 N–H and O–H groups in total. The first-order chi connectivity index (χ1) is 8.22. The maximum absolute atomic E-state index is 12.3. The number of nitrogens with two attached hydrogens (primary N) is 1. The van der Waals surface area contributed by atoms with Crippen LogP contribution < -0.4 is 5.73 Å². The molecule has 4 heteroatoms. The molecule has 17 heavy (non-hydrogen) atoms. The summed E-state index contributed by atoms with van der Waals surface area (Å²) >= 11 is 3.42. The van der Waals surface area contributed by atoms with Crippen molar-refractivity contribution in [3.8, 4) is 0 Å². The third-order valence-electron chi connectivity index (χ3n) is 3.25. The van der Waals surface area contributed by atoms with Crippen molar-refractivity contribution in [3.63, 3.8) is 0 Å². The lowest BCUT2D eigenvalue weighted by molar-refractivity contribution is 0.0786. The van der Waals surface area contributed by atoms with E-state index in [0.717, 1.165) is 36.0 Å². The van der Waals surface area contributed by atoms with Crippen molar-refractivity contribution in [1.82, 2.24) is 4.90 Å². The van der Waals surface area contributed by atoms with Crippen LogP contribution in [0, 0.1) is 5.92 Å². The molecule has 0 saturated carbocycles. The highest BCUT2D eigenvalue weighted by atomic mass is 79.9. The van der Waals surface area contributed by atoms with Crippen molar-refractivity contribution in [3.05, 3.63) is 34.3 Å². The molecule has 1 aliphatic heterocycles. The zero-order chi connectivity index (χ0) is 12.3. The molecule has 3 nitrogen and oxygen atoms in total. The first-order valence-electron chi connectivity index (χ1n) is 5.96. The zero-order valence-corrected chi connectivity index (χ0v) is 11.3. The number of hydrogen-bond acceptors (Lipinski definition) is 2. The van der Waals surface area contributed by atoms with Gasteiger partial charge in [0.1, 0.15) is 0 Å². The van der Waals surface area contributed by atoms with Gasteiger partial charge in [-0.15, -0.1) is 0 Å². The Labute approximate surface area is 110 Å². The van der Waals surface area contributed by atoms with E-state index in [0.29, 0.717) is 12.5 Å². The van der Waals surface area contributed by atoms with E-state index in [2.05, 4.69) is 15.9 Å². The molecule has 2 rings (SSSR count). The van der Waals surface area contributed by atoms with Gasteiger partial charge < -0.3 is 10.6 Å². The van der Waals surface area contributed by atoms with Crippen LogP contribution in [-0.4, -0.2) is 30.4 Å². The molecule has 1 aliphatic rings. The Kier molecular flexibility index (Phi) is 4.18.